The third-order valence-corrected chi connectivity index (χ3v) is 14.4. The van der Waals surface area contributed by atoms with Crippen molar-refractivity contribution in [3.63, 3.8) is 0 Å². The van der Waals surface area contributed by atoms with Gasteiger partial charge in [-0.15, -0.1) is 0 Å². The summed E-state index contributed by atoms with van der Waals surface area (Å²) in [4.78, 5) is 0. The Hall–Kier alpha value is -9.69. The molecule has 0 unspecified atom stereocenters. The average molecular weight is 904 g/mol. The number of hydrogen-bond donors (Lipinski definition) is 0. The number of fused-ring (bicyclic) bond motifs is 9. The van der Waals surface area contributed by atoms with E-state index in [1.807, 2.05) is 6.07 Å². The Bertz CT molecular complexity index is 4230. The van der Waals surface area contributed by atoms with E-state index >= 15 is 0 Å². The molecular formula is C67H41N3O. The highest BCUT2D eigenvalue weighted by molar-refractivity contribution is 6.18. The third kappa shape index (κ3) is 6.45. The van der Waals surface area contributed by atoms with Crippen molar-refractivity contribution in [1.29, 1.82) is 5.26 Å². The van der Waals surface area contributed by atoms with Gasteiger partial charge in [0, 0.05) is 37.9 Å². The third-order valence-electron chi connectivity index (χ3n) is 14.4. The van der Waals surface area contributed by atoms with E-state index in [0.717, 1.165) is 121 Å². The fourth-order valence-corrected chi connectivity index (χ4v) is 11.0. The van der Waals surface area contributed by atoms with Gasteiger partial charge in [0.1, 0.15) is 22.9 Å². The number of furan rings is 1. The molecule has 14 aromatic rings. The summed E-state index contributed by atoms with van der Waals surface area (Å²) in [6.07, 6.45) is 0. The van der Waals surface area contributed by atoms with Crippen LogP contribution < -0.4 is 0 Å². The Morgan fingerprint density at radius 3 is 1.07 bits per heavy atom. The topological polar surface area (TPSA) is 46.8 Å². The molecule has 11 aromatic carbocycles. The highest BCUT2D eigenvalue weighted by Crippen LogP contribution is 2.47. The van der Waals surface area contributed by atoms with Gasteiger partial charge in [0.05, 0.1) is 27.8 Å². The predicted octanol–water partition coefficient (Wildman–Crippen LogP) is 18.0. The minimum absolute atomic E-state index is 0.508. The van der Waals surface area contributed by atoms with Crippen molar-refractivity contribution in [2.75, 3.05) is 0 Å². The van der Waals surface area contributed by atoms with Crippen molar-refractivity contribution >= 4 is 65.6 Å². The highest BCUT2D eigenvalue weighted by Gasteiger charge is 2.28. The molecule has 0 bridgehead atoms. The van der Waals surface area contributed by atoms with Crippen molar-refractivity contribution in [3.8, 4) is 73.1 Å². The maximum Gasteiger partial charge on any atom is 0.160 e. The molecule has 0 aliphatic rings. The first-order valence-corrected chi connectivity index (χ1v) is 24.1. The second-order valence-electron chi connectivity index (χ2n) is 18.3. The molecule has 0 N–H and O–H groups in total. The summed E-state index contributed by atoms with van der Waals surface area (Å²) in [6, 6.07) is 91.0. The summed E-state index contributed by atoms with van der Waals surface area (Å²) in [5, 5.41) is 18.3. The zero-order chi connectivity index (χ0) is 47.0. The van der Waals surface area contributed by atoms with Crippen LogP contribution in [0.4, 0.5) is 0 Å². The SMILES string of the molecule is N#Cc1c(-n2c3ccc(-c4ccccc4)cc3c3cc(-c4ccccc4)ccc32)cc2c(oc3c(-c4ccccc4)cccc32)c1-n1c2ccc(-c3ccccc3)cc2c2cc(-c3ccccc3)ccc21. The van der Waals surface area contributed by atoms with E-state index < -0.39 is 0 Å². The molecule has 0 radical (unpaired) electrons. The minimum Gasteiger partial charge on any atom is -0.453 e. The zero-order valence-corrected chi connectivity index (χ0v) is 38.4. The number of para-hydroxylation sites is 1. The normalized spacial score (nSPS) is 11.6. The van der Waals surface area contributed by atoms with Crippen molar-refractivity contribution in [1.82, 2.24) is 9.13 Å². The van der Waals surface area contributed by atoms with E-state index in [9.17, 15) is 5.26 Å². The first-order valence-electron chi connectivity index (χ1n) is 24.1. The van der Waals surface area contributed by atoms with Crippen LogP contribution in [0.3, 0.4) is 0 Å². The minimum atomic E-state index is 0.508. The zero-order valence-electron chi connectivity index (χ0n) is 38.4. The van der Waals surface area contributed by atoms with Gasteiger partial charge in [-0.2, -0.15) is 5.26 Å². The van der Waals surface area contributed by atoms with Crippen LogP contribution in [0.5, 0.6) is 0 Å². The number of aromatic nitrogens is 2. The van der Waals surface area contributed by atoms with Crippen LogP contribution in [0.15, 0.2) is 253 Å². The standard InChI is InChI=1S/C67H41N3O/c68-42-59-64(69-60-33-29-48(43-17-6-1-7-18-43)37-54(60)55-38-49(30-34-61(55)69)44-19-8-2-9-20-44)41-58-53-28-16-27-52(47-25-14-5-15-26-47)66(53)71-67(58)65(59)70-62-35-31-50(45-21-10-3-11-22-45)39-56(62)57-40-51(32-36-63(57)70)46-23-12-4-13-24-46/h1-41H. The maximum atomic E-state index is 12.0. The Labute approximate surface area is 409 Å². The van der Waals surface area contributed by atoms with E-state index in [0.29, 0.717) is 16.8 Å². The van der Waals surface area contributed by atoms with E-state index in [4.69, 9.17) is 4.42 Å². The lowest BCUT2D eigenvalue weighted by molar-refractivity contribution is 0.667. The molecule has 0 aliphatic carbocycles. The van der Waals surface area contributed by atoms with E-state index in [-0.39, 0.29) is 0 Å². The number of benzene rings is 11. The second-order valence-corrected chi connectivity index (χ2v) is 18.3. The molecule has 0 aliphatic heterocycles. The monoisotopic (exact) mass is 903 g/mol. The number of hydrogen-bond acceptors (Lipinski definition) is 2. The molecule has 14 rings (SSSR count). The molecule has 4 nitrogen and oxygen atoms in total. The molecule has 4 heteroatoms. The van der Waals surface area contributed by atoms with Crippen LogP contribution in [0.2, 0.25) is 0 Å². The summed E-state index contributed by atoms with van der Waals surface area (Å²) in [5.41, 5.74) is 18.5. The molecule has 0 spiro atoms. The van der Waals surface area contributed by atoms with Gasteiger partial charge in [-0.25, -0.2) is 0 Å². The molecule has 0 amide bonds. The first-order chi connectivity index (χ1) is 35.2. The molecular weight excluding hydrogens is 863 g/mol. The summed E-state index contributed by atoms with van der Waals surface area (Å²) < 4.78 is 11.9. The average Bonchev–Trinajstić information content (AvgIpc) is 4.10. The van der Waals surface area contributed by atoms with E-state index in [1.54, 1.807) is 0 Å². The lowest BCUT2D eigenvalue weighted by atomic mass is 10.0. The fourth-order valence-electron chi connectivity index (χ4n) is 11.0. The summed E-state index contributed by atoms with van der Waals surface area (Å²) in [5.74, 6) is 0. The van der Waals surface area contributed by atoms with Gasteiger partial charge in [0.2, 0.25) is 0 Å². The van der Waals surface area contributed by atoms with Crippen LogP contribution in [0.1, 0.15) is 5.56 Å². The van der Waals surface area contributed by atoms with Crippen LogP contribution >= 0.6 is 0 Å². The number of nitrogens with zero attached hydrogens (tertiary/aromatic N) is 3. The summed E-state index contributed by atoms with van der Waals surface area (Å²) >= 11 is 0. The molecule has 0 fully saturated rings. The maximum absolute atomic E-state index is 12.0. The van der Waals surface area contributed by atoms with Gasteiger partial charge in [0.25, 0.3) is 0 Å². The van der Waals surface area contributed by atoms with Crippen LogP contribution in [-0.4, -0.2) is 9.13 Å². The van der Waals surface area contributed by atoms with Gasteiger partial charge in [0.15, 0.2) is 5.58 Å². The lowest BCUT2D eigenvalue weighted by Crippen LogP contribution is -2.05. The van der Waals surface area contributed by atoms with E-state index in [1.165, 1.54) is 0 Å². The fraction of sp³-hybridized carbons (Fsp3) is 0. The molecule has 71 heavy (non-hydrogen) atoms. The Morgan fingerprint density at radius 2 is 0.676 bits per heavy atom. The largest absolute Gasteiger partial charge is 0.453 e. The highest BCUT2D eigenvalue weighted by atomic mass is 16.3. The van der Waals surface area contributed by atoms with E-state index in [2.05, 4.69) is 258 Å². The summed E-state index contributed by atoms with van der Waals surface area (Å²) in [6.45, 7) is 0. The summed E-state index contributed by atoms with van der Waals surface area (Å²) in [7, 11) is 0. The smallest absolute Gasteiger partial charge is 0.160 e. The van der Waals surface area contributed by atoms with Gasteiger partial charge >= 0.3 is 0 Å². The van der Waals surface area contributed by atoms with Gasteiger partial charge < -0.3 is 13.6 Å². The number of nitriles is 1. The molecule has 3 heterocycles. The lowest BCUT2D eigenvalue weighted by Gasteiger charge is -2.17. The Balaban J connectivity index is 1.13. The van der Waals surface area contributed by atoms with Crippen molar-refractivity contribution in [2.45, 2.75) is 0 Å². The van der Waals surface area contributed by atoms with Crippen LogP contribution in [0.25, 0.3) is 133 Å². The predicted molar refractivity (Wildman–Crippen MR) is 294 cm³/mol. The first kappa shape index (κ1) is 40.4. The number of rotatable bonds is 7. The second kappa shape index (κ2) is 16.2. The Morgan fingerprint density at radius 1 is 0.296 bits per heavy atom. The van der Waals surface area contributed by atoms with Crippen molar-refractivity contribution in [2.24, 2.45) is 0 Å². The molecule has 0 saturated carbocycles. The Kier molecular flexibility index (Phi) is 9.23. The van der Waals surface area contributed by atoms with Crippen molar-refractivity contribution in [3.05, 3.63) is 254 Å². The molecule has 3 aromatic heterocycles. The van der Waals surface area contributed by atoms with Crippen molar-refractivity contribution < 1.29 is 4.42 Å². The van der Waals surface area contributed by atoms with Gasteiger partial charge in [-0.05, 0) is 105 Å². The van der Waals surface area contributed by atoms with Crippen LogP contribution in [0, 0.1) is 11.3 Å². The van der Waals surface area contributed by atoms with Gasteiger partial charge in [-0.1, -0.05) is 194 Å². The molecule has 0 atom stereocenters. The van der Waals surface area contributed by atoms with Gasteiger partial charge in [-0.3, -0.25) is 0 Å². The molecule has 330 valence electrons. The van der Waals surface area contributed by atoms with Crippen LogP contribution in [-0.2, 0) is 0 Å². The molecule has 0 saturated heterocycles. The quantitative estimate of drug-likeness (QED) is 0.160.